The van der Waals surface area contributed by atoms with Crippen molar-refractivity contribution in [1.29, 1.82) is 0 Å². The number of alkyl halides is 6. The van der Waals surface area contributed by atoms with Gasteiger partial charge in [0.25, 0.3) is 11.5 Å². The number of aromatic nitrogens is 4. The maximum Gasteiger partial charge on any atom is 0.435 e. The van der Waals surface area contributed by atoms with E-state index in [1.165, 1.54) is 6.92 Å². The molecule has 172 valence electrons. The van der Waals surface area contributed by atoms with Crippen LogP contribution >= 0.6 is 11.3 Å². The van der Waals surface area contributed by atoms with Crippen molar-refractivity contribution in [2.45, 2.75) is 44.6 Å². The van der Waals surface area contributed by atoms with E-state index in [4.69, 9.17) is 0 Å². The van der Waals surface area contributed by atoms with Crippen LogP contribution in [0.4, 0.5) is 26.3 Å². The van der Waals surface area contributed by atoms with Crippen molar-refractivity contribution in [1.82, 2.24) is 24.5 Å². The molecule has 0 aliphatic heterocycles. The SMILES string of the molecule is CCNC(=O)c1c(C(F)(F)F)sc2nc(Cn3nc(C(F)(F)F)cc3C3CC3)cc(=O)n12. The zero-order valence-corrected chi connectivity index (χ0v) is 17.2. The lowest BCUT2D eigenvalue weighted by molar-refractivity contribution is -0.141. The third-order valence-corrected chi connectivity index (χ3v) is 5.88. The molecule has 1 amide bonds. The van der Waals surface area contributed by atoms with Gasteiger partial charge in [-0.3, -0.25) is 14.3 Å². The summed E-state index contributed by atoms with van der Waals surface area (Å²) >= 11 is 0.113. The van der Waals surface area contributed by atoms with E-state index >= 15 is 0 Å². The second-order valence-electron chi connectivity index (χ2n) is 7.22. The molecule has 0 bridgehead atoms. The van der Waals surface area contributed by atoms with Crippen LogP contribution in [0.1, 0.15) is 58.1 Å². The van der Waals surface area contributed by atoms with Crippen molar-refractivity contribution < 1.29 is 31.1 Å². The minimum Gasteiger partial charge on any atom is -0.351 e. The van der Waals surface area contributed by atoms with Crippen molar-refractivity contribution in [3.8, 4) is 0 Å². The van der Waals surface area contributed by atoms with Crippen molar-refractivity contribution in [2.75, 3.05) is 6.54 Å². The average molecular weight is 479 g/mol. The second kappa shape index (κ2) is 7.60. The Hall–Kier alpha value is -2.90. The fourth-order valence-corrected chi connectivity index (χ4v) is 4.32. The number of thiazole rings is 1. The van der Waals surface area contributed by atoms with Crippen LogP contribution in [-0.4, -0.2) is 31.6 Å². The van der Waals surface area contributed by atoms with Crippen LogP contribution in [0.5, 0.6) is 0 Å². The van der Waals surface area contributed by atoms with Gasteiger partial charge in [0.15, 0.2) is 10.7 Å². The first-order chi connectivity index (χ1) is 14.9. The Morgan fingerprint density at radius 3 is 2.44 bits per heavy atom. The van der Waals surface area contributed by atoms with Crippen LogP contribution < -0.4 is 10.9 Å². The Bertz CT molecular complexity index is 1250. The Morgan fingerprint density at radius 1 is 1.19 bits per heavy atom. The van der Waals surface area contributed by atoms with Gasteiger partial charge >= 0.3 is 12.4 Å². The molecule has 0 radical (unpaired) electrons. The van der Waals surface area contributed by atoms with E-state index in [1.54, 1.807) is 0 Å². The minimum absolute atomic E-state index is 0.0402. The summed E-state index contributed by atoms with van der Waals surface area (Å²) < 4.78 is 81.4. The van der Waals surface area contributed by atoms with Gasteiger partial charge in [-0.15, -0.1) is 0 Å². The molecule has 0 saturated heterocycles. The summed E-state index contributed by atoms with van der Waals surface area (Å²) in [6.07, 6.45) is -8.20. The molecule has 32 heavy (non-hydrogen) atoms. The molecule has 1 fully saturated rings. The highest BCUT2D eigenvalue weighted by Gasteiger charge is 2.40. The number of rotatable bonds is 5. The summed E-state index contributed by atoms with van der Waals surface area (Å²) in [6.45, 7) is 1.22. The van der Waals surface area contributed by atoms with Crippen LogP contribution in [0.15, 0.2) is 16.9 Å². The highest BCUT2D eigenvalue weighted by molar-refractivity contribution is 7.17. The van der Waals surface area contributed by atoms with Gasteiger partial charge in [0.1, 0.15) is 10.6 Å². The molecule has 1 aliphatic rings. The van der Waals surface area contributed by atoms with Crippen LogP contribution in [-0.2, 0) is 18.9 Å². The first-order valence-electron chi connectivity index (χ1n) is 9.46. The molecule has 7 nitrogen and oxygen atoms in total. The molecule has 14 heteroatoms. The normalized spacial score (nSPS) is 14.8. The maximum absolute atomic E-state index is 13.5. The molecule has 4 rings (SSSR count). The van der Waals surface area contributed by atoms with Gasteiger partial charge in [0.2, 0.25) is 0 Å². The number of amides is 1. The number of nitrogens with zero attached hydrogens (tertiary/aromatic N) is 4. The standard InChI is InChI=1S/C18H15F6N5O2S/c1-2-25-15(31)13-14(18(22,23)24)32-16-26-9(5-12(30)29(13)16)7-28-10(8-3-4-8)6-11(27-28)17(19,20)21/h5-6,8H,2-4,7H2,1H3,(H,25,31). The van der Waals surface area contributed by atoms with Gasteiger partial charge in [-0.2, -0.15) is 31.4 Å². The predicted molar refractivity (Wildman–Crippen MR) is 101 cm³/mol. The van der Waals surface area contributed by atoms with Gasteiger partial charge in [-0.05, 0) is 25.8 Å². The van der Waals surface area contributed by atoms with Crippen molar-refractivity contribution in [3.05, 3.63) is 50.1 Å². The molecule has 3 aromatic rings. The van der Waals surface area contributed by atoms with Crippen molar-refractivity contribution in [2.24, 2.45) is 0 Å². The van der Waals surface area contributed by atoms with Crippen LogP contribution in [0.2, 0.25) is 0 Å². The van der Waals surface area contributed by atoms with E-state index in [-0.39, 0.29) is 36.0 Å². The number of nitrogens with one attached hydrogen (secondary N) is 1. The monoisotopic (exact) mass is 479 g/mol. The van der Waals surface area contributed by atoms with Crippen molar-refractivity contribution >= 4 is 22.2 Å². The summed E-state index contributed by atoms with van der Waals surface area (Å²) in [7, 11) is 0. The third kappa shape index (κ3) is 4.10. The molecule has 1 N–H and O–H groups in total. The van der Waals surface area contributed by atoms with Gasteiger partial charge in [0, 0.05) is 24.2 Å². The number of hydrogen-bond donors (Lipinski definition) is 1. The third-order valence-electron chi connectivity index (χ3n) is 4.79. The van der Waals surface area contributed by atoms with Gasteiger partial charge in [-0.1, -0.05) is 11.3 Å². The topological polar surface area (TPSA) is 81.3 Å². The number of carbonyl (C=O) groups is 1. The Labute approximate surface area is 179 Å². The minimum atomic E-state index is -4.91. The smallest absolute Gasteiger partial charge is 0.351 e. The lowest BCUT2D eigenvalue weighted by atomic mass is 10.2. The zero-order valence-electron chi connectivity index (χ0n) is 16.3. The zero-order chi connectivity index (χ0) is 23.4. The van der Waals surface area contributed by atoms with E-state index < -0.39 is 45.0 Å². The Balaban J connectivity index is 1.81. The van der Waals surface area contributed by atoms with Gasteiger partial charge < -0.3 is 5.32 Å². The average Bonchev–Trinajstić information content (AvgIpc) is 3.27. The Kier molecular flexibility index (Phi) is 5.30. The molecular weight excluding hydrogens is 464 g/mol. The van der Waals surface area contributed by atoms with Crippen LogP contribution in [0, 0.1) is 0 Å². The molecule has 0 atom stereocenters. The molecule has 1 aliphatic carbocycles. The fraction of sp³-hybridized carbons (Fsp3) is 0.444. The molecule has 1 saturated carbocycles. The molecule has 0 unspecified atom stereocenters. The Morgan fingerprint density at radius 2 is 1.88 bits per heavy atom. The highest BCUT2D eigenvalue weighted by atomic mass is 32.1. The quantitative estimate of drug-likeness (QED) is 0.567. The number of hydrogen-bond acceptors (Lipinski definition) is 5. The number of halogens is 6. The predicted octanol–water partition coefficient (Wildman–Crippen LogP) is 3.67. The lowest BCUT2D eigenvalue weighted by Gasteiger charge is -2.08. The summed E-state index contributed by atoms with van der Waals surface area (Å²) in [5.41, 5.74) is -2.66. The molecule has 3 aromatic heterocycles. The van der Waals surface area contributed by atoms with Crippen LogP contribution in [0.3, 0.4) is 0 Å². The van der Waals surface area contributed by atoms with E-state index in [0.29, 0.717) is 22.9 Å². The summed E-state index contributed by atoms with van der Waals surface area (Å²) in [5.74, 6) is -1.19. The summed E-state index contributed by atoms with van der Waals surface area (Å²) in [5, 5.41) is 5.80. The van der Waals surface area contributed by atoms with Gasteiger partial charge in [0.05, 0.1) is 12.2 Å². The maximum atomic E-state index is 13.5. The van der Waals surface area contributed by atoms with E-state index in [9.17, 15) is 35.9 Å². The lowest BCUT2D eigenvalue weighted by Crippen LogP contribution is -2.30. The fourth-order valence-electron chi connectivity index (χ4n) is 3.30. The molecule has 3 heterocycles. The summed E-state index contributed by atoms with van der Waals surface area (Å²) in [4.78, 5) is 27.2. The van der Waals surface area contributed by atoms with E-state index in [2.05, 4.69) is 15.4 Å². The van der Waals surface area contributed by atoms with Crippen LogP contribution in [0.25, 0.3) is 4.96 Å². The largest absolute Gasteiger partial charge is 0.435 e. The van der Waals surface area contributed by atoms with Crippen molar-refractivity contribution in [3.63, 3.8) is 0 Å². The first kappa shape index (κ1) is 22.3. The molecular formula is C18H15F6N5O2S. The van der Waals surface area contributed by atoms with Gasteiger partial charge in [-0.25, -0.2) is 9.38 Å². The molecule has 0 aromatic carbocycles. The summed E-state index contributed by atoms with van der Waals surface area (Å²) in [6, 6.07) is 1.83. The second-order valence-corrected chi connectivity index (χ2v) is 8.20. The first-order valence-corrected chi connectivity index (χ1v) is 10.3. The highest BCUT2D eigenvalue weighted by Crippen LogP contribution is 2.42. The number of carbonyl (C=O) groups excluding carboxylic acids is 1. The molecule has 0 spiro atoms. The van der Waals surface area contributed by atoms with E-state index in [0.717, 1.165) is 16.8 Å². The van der Waals surface area contributed by atoms with E-state index in [1.807, 2.05) is 0 Å². The number of fused-ring (bicyclic) bond motifs is 1.